The first kappa shape index (κ1) is 23.2. The van der Waals surface area contributed by atoms with Crippen LogP contribution >= 0.6 is 0 Å². The summed E-state index contributed by atoms with van der Waals surface area (Å²) in [5.74, 6) is 0.201. The van der Waals surface area contributed by atoms with Crippen molar-refractivity contribution in [3.63, 3.8) is 0 Å². The fourth-order valence-corrected chi connectivity index (χ4v) is 5.96. The molecule has 37 heavy (non-hydrogen) atoms. The summed E-state index contributed by atoms with van der Waals surface area (Å²) in [5.41, 5.74) is 1.37. The summed E-state index contributed by atoms with van der Waals surface area (Å²) < 4.78 is 6.02. The van der Waals surface area contributed by atoms with Gasteiger partial charge in [0.2, 0.25) is 17.7 Å². The van der Waals surface area contributed by atoms with E-state index in [1.54, 1.807) is 21.7 Å². The Morgan fingerprint density at radius 1 is 1.08 bits per heavy atom. The van der Waals surface area contributed by atoms with Crippen LogP contribution in [0.3, 0.4) is 0 Å². The molecule has 3 aromatic rings. The van der Waals surface area contributed by atoms with Crippen LogP contribution in [0.5, 0.6) is 5.75 Å². The third kappa shape index (κ3) is 3.75. The number of amides is 3. The van der Waals surface area contributed by atoms with Crippen LogP contribution in [-0.4, -0.2) is 75.8 Å². The van der Waals surface area contributed by atoms with Crippen LogP contribution < -0.4 is 9.64 Å². The van der Waals surface area contributed by atoms with Gasteiger partial charge in [0.05, 0.1) is 25.0 Å². The van der Waals surface area contributed by atoms with Crippen LogP contribution in [-0.2, 0) is 26.3 Å². The minimum Gasteiger partial charge on any atom is -0.494 e. The van der Waals surface area contributed by atoms with Crippen LogP contribution in [0.1, 0.15) is 30.0 Å². The van der Waals surface area contributed by atoms with Gasteiger partial charge in [-0.05, 0) is 42.2 Å². The number of benzene rings is 2. The minimum absolute atomic E-state index is 0.0292. The fourth-order valence-electron chi connectivity index (χ4n) is 5.96. The summed E-state index contributed by atoms with van der Waals surface area (Å²) in [7, 11) is 1.75. The van der Waals surface area contributed by atoms with Crippen LogP contribution in [0.15, 0.2) is 60.9 Å². The van der Waals surface area contributed by atoms with Gasteiger partial charge in [-0.25, -0.2) is 0 Å². The van der Waals surface area contributed by atoms with Crippen molar-refractivity contribution < 1.29 is 19.1 Å². The van der Waals surface area contributed by atoms with Gasteiger partial charge < -0.3 is 19.4 Å². The smallest absolute Gasteiger partial charge is 0.246 e. The fraction of sp³-hybridized carbons (Fsp3) is 0.370. The lowest BCUT2D eigenvalue weighted by molar-refractivity contribution is -0.135. The van der Waals surface area contributed by atoms with Crippen molar-refractivity contribution >= 4 is 23.4 Å². The van der Waals surface area contributed by atoms with Crippen molar-refractivity contribution in [3.05, 3.63) is 72.1 Å². The first-order chi connectivity index (χ1) is 18.0. The lowest BCUT2D eigenvalue weighted by Crippen LogP contribution is -2.48. The van der Waals surface area contributed by atoms with Crippen molar-refractivity contribution in [2.24, 2.45) is 0 Å². The Hall–Kier alpha value is -4.21. The van der Waals surface area contributed by atoms with E-state index in [0.29, 0.717) is 38.3 Å². The number of aromatic nitrogens is 3. The number of fused-ring (bicyclic) bond motifs is 6. The molecule has 6 rings (SSSR count). The number of anilines is 1. The number of likely N-dealkylation sites (N-methyl/N-ethyl adjacent to an activating group) is 1. The van der Waals surface area contributed by atoms with Crippen LogP contribution in [0.4, 0.5) is 5.69 Å². The zero-order valence-corrected chi connectivity index (χ0v) is 20.6. The maximum absolute atomic E-state index is 14.4. The van der Waals surface area contributed by atoms with E-state index in [4.69, 9.17) is 4.74 Å². The Balaban J connectivity index is 1.51. The molecule has 1 fully saturated rings. The molecule has 1 saturated heterocycles. The molecular formula is C27H28N6O4. The molecule has 190 valence electrons. The number of carbonyl (C=O) groups excluding carboxylic acids is 3. The standard InChI is InChI=1S/C27H28N6O4/c1-30-13-5-15-37-20-7-4-6-19(16-20)25-27(10-14-31(25)24(35)18-33-28-11-12-29-33)21-8-2-3-9-22(21)32(26(27)36)17-23(30)34/h2-4,6-9,11-12,16,25H,5,10,13-15,17-18H2,1H3/t25-,27+/m0/s1. The third-order valence-electron chi connectivity index (χ3n) is 7.69. The normalized spacial score (nSPS) is 23.4. The van der Waals surface area contributed by atoms with Gasteiger partial charge in [-0.3, -0.25) is 14.4 Å². The number of carbonyl (C=O) groups is 3. The monoisotopic (exact) mass is 500 g/mol. The maximum atomic E-state index is 14.4. The van der Waals surface area contributed by atoms with E-state index in [9.17, 15) is 14.4 Å². The topological polar surface area (TPSA) is 101 Å². The summed E-state index contributed by atoms with van der Waals surface area (Å²) in [6, 6.07) is 14.7. The highest BCUT2D eigenvalue weighted by atomic mass is 16.5. The van der Waals surface area contributed by atoms with E-state index in [2.05, 4.69) is 10.2 Å². The van der Waals surface area contributed by atoms with E-state index >= 15 is 0 Å². The van der Waals surface area contributed by atoms with Gasteiger partial charge in [-0.2, -0.15) is 15.0 Å². The van der Waals surface area contributed by atoms with Gasteiger partial charge in [0.1, 0.15) is 24.3 Å². The average Bonchev–Trinajstić information content (AvgIpc) is 3.62. The second-order valence-corrected chi connectivity index (χ2v) is 9.77. The van der Waals surface area contributed by atoms with E-state index in [1.165, 1.54) is 17.2 Å². The molecule has 3 aliphatic rings. The van der Waals surface area contributed by atoms with Gasteiger partial charge in [0.15, 0.2) is 0 Å². The second-order valence-electron chi connectivity index (χ2n) is 9.77. The van der Waals surface area contributed by atoms with Gasteiger partial charge in [0.25, 0.3) is 0 Å². The molecule has 0 saturated carbocycles. The number of hydrogen-bond acceptors (Lipinski definition) is 6. The van der Waals surface area contributed by atoms with Crippen molar-refractivity contribution in [1.29, 1.82) is 0 Å². The lowest BCUT2D eigenvalue weighted by atomic mass is 9.72. The molecule has 0 N–H and O–H groups in total. The largest absolute Gasteiger partial charge is 0.494 e. The number of likely N-dealkylation sites (tertiary alicyclic amines) is 1. The summed E-state index contributed by atoms with van der Waals surface area (Å²) in [5, 5.41) is 8.18. The van der Waals surface area contributed by atoms with Crippen molar-refractivity contribution in [2.45, 2.75) is 30.8 Å². The summed E-state index contributed by atoms with van der Waals surface area (Å²) in [6.45, 7) is 1.29. The molecule has 1 spiro atoms. The highest BCUT2D eigenvalue weighted by Gasteiger charge is 2.61. The molecule has 4 heterocycles. The maximum Gasteiger partial charge on any atom is 0.246 e. The van der Waals surface area contributed by atoms with Gasteiger partial charge in [-0.15, -0.1) is 0 Å². The number of hydrogen-bond donors (Lipinski definition) is 0. The highest BCUT2D eigenvalue weighted by Crippen LogP contribution is 2.56. The minimum atomic E-state index is -1.02. The summed E-state index contributed by atoms with van der Waals surface area (Å²) >= 11 is 0. The quantitative estimate of drug-likeness (QED) is 0.532. The number of para-hydroxylation sites is 1. The molecule has 4 bridgehead atoms. The second kappa shape index (κ2) is 9.02. The molecule has 3 aliphatic heterocycles. The Kier molecular flexibility index (Phi) is 5.66. The zero-order valence-electron chi connectivity index (χ0n) is 20.6. The van der Waals surface area contributed by atoms with Crippen molar-refractivity contribution in [3.8, 4) is 5.75 Å². The highest BCUT2D eigenvalue weighted by molar-refractivity contribution is 6.12. The SMILES string of the molecule is CN1CCCOc2cccc(c2)[C@@H]2N(C(=O)Cn3nccn3)CC[C@]23C(=O)N(CC1=O)c1ccccc13. The van der Waals surface area contributed by atoms with Gasteiger partial charge >= 0.3 is 0 Å². The first-order valence-corrected chi connectivity index (χ1v) is 12.5. The van der Waals surface area contributed by atoms with Crippen LogP contribution in [0, 0.1) is 0 Å². The summed E-state index contributed by atoms with van der Waals surface area (Å²) in [4.78, 5) is 47.6. The average molecular weight is 501 g/mol. The first-order valence-electron chi connectivity index (χ1n) is 12.5. The van der Waals surface area contributed by atoms with Crippen LogP contribution in [0.25, 0.3) is 0 Å². The van der Waals surface area contributed by atoms with E-state index in [0.717, 1.165) is 16.8 Å². The molecular weight excluding hydrogens is 472 g/mol. The molecule has 10 nitrogen and oxygen atoms in total. The Labute approximate surface area is 214 Å². The number of rotatable bonds is 2. The lowest BCUT2D eigenvalue weighted by Gasteiger charge is -2.35. The van der Waals surface area contributed by atoms with Crippen molar-refractivity contribution in [1.82, 2.24) is 24.8 Å². The molecule has 10 heteroatoms. The Bertz CT molecular complexity index is 1360. The Morgan fingerprint density at radius 2 is 1.89 bits per heavy atom. The van der Waals surface area contributed by atoms with Gasteiger partial charge in [0, 0.05) is 25.8 Å². The zero-order chi connectivity index (χ0) is 25.6. The molecule has 0 aliphatic carbocycles. The third-order valence-corrected chi connectivity index (χ3v) is 7.69. The Morgan fingerprint density at radius 3 is 2.73 bits per heavy atom. The van der Waals surface area contributed by atoms with E-state index in [1.807, 2.05) is 48.5 Å². The molecule has 2 atom stereocenters. The predicted molar refractivity (Wildman–Crippen MR) is 134 cm³/mol. The summed E-state index contributed by atoms with van der Waals surface area (Å²) in [6.07, 6.45) is 4.16. The molecule has 0 unspecified atom stereocenters. The molecule has 1 aromatic heterocycles. The predicted octanol–water partition coefficient (Wildman–Crippen LogP) is 1.78. The van der Waals surface area contributed by atoms with Crippen LogP contribution in [0.2, 0.25) is 0 Å². The molecule has 0 radical (unpaired) electrons. The van der Waals surface area contributed by atoms with Crippen molar-refractivity contribution in [2.75, 3.05) is 38.2 Å². The van der Waals surface area contributed by atoms with Gasteiger partial charge in [-0.1, -0.05) is 30.3 Å². The number of ether oxygens (including phenoxy) is 1. The van der Waals surface area contributed by atoms with E-state index < -0.39 is 11.5 Å². The molecule has 3 amide bonds. The van der Waals surface area contributed by atoms with E-state index in [-0.39, 0.29) is 30.8 Å². The number of nitrogens with zero attached hydrogens (tertiary/aromatic N) is 6. The molecule has 2 aromatic carbocycles.